The first-order valence-corrected chi connectivity index (χ1v) is 15.6. The summed E-state index contributed by atoms with van der Waals surface area (Å²) in [6.07, 6.45) is 5.56. The summed E-state index contributed by atoms with van der Waals surface area (Å²) in [5.74, 6) is -1.30. The van der Waals surface area contributed by atoms with Gasteiger partial charge in [-0.1, -0.05) is 0 Å². The van der Waals surface area contributed by atoms with Gasteiger partial charge in [0, 0.05) is 31.0 Å². The van der Waals surface area contributed by atoms with Crippen LogP contribution in [0.3, 0.4) is 0 Å². The molecule has 2 aromatic carbocycles. The fraction of sp³-hybridized carbons (Fsp3) is 0.400. The van der Waals surface area contributed by atoms with E-state index in [1.165, 1.54) is 43.5 Å². The van der Waals surface area contributed by atoms with Crippen LogP contribution in [0.25, 0.3) is 0 Å². The minimum Gasteiger partial charge on any atom is -0.497 e. The third-order valence-corrected chi connectivity index (χ3v) is 8.20. The topological polar surface area (TPSA) is 152 Å². The summed E-state index contributed by atoms with van der Waals surface area (Å²) in [7, 11) is -2.74. The quantitative estimate of drug-likeness (QED) is 0.269. The van der Waals surface area contributed by atoms with Gasteiger partial charge < -0.3 is 25.0 Å². The molecular formula is C30H37FN6O6S. The molecule has 3 aromatic rings. The van der Waals surface area contributed by atoms with Crippen molar-refractivity contribution in [3.05, 3.63) is 72.3 Å². The van der Waals surface area contributed by atoms with Crippen molar-refractivity contribution in [3.8, 4) is 5.75 Å². The number of carbonyl (C=O) groups excluding carboxylic acids is 2. The van der Waals surface area contributed by atoms with E-state index in [0.29, 0.717) is 23.9 Å². The van der Waals surface area contributed by atoms with E-state index in [1.54, 1.807) is 39.2 Å². The van der Waals surface area contributed by atoms with Gasteiger partial charge in [-0.15, -0.1) is 0 Å². The molecule has 1 aromatic heterocycles. The highest BCUT2D eigenvalue weighted by Gasteiger charge is 2.31. The Balaban J connectivity index is 1.47. The van der Waals surface area contributed by atoms with Crippen molar-refractivity contribution in [1.29, 1.82) is 0 Å². The summed E-state index contributed by atoms with van der Waals surface area (Å²) in [5.41, 5.74) is -0.605. The number of rotatable bonds is 11. The first-order chi connectivity index (χ1) is 20.9. The minimum atomic E-state index is -4.19. The third kappa shape index (κ3) is 8.63. The van der Waals surface area contributed by atoms with Crippen LogP contribution in [0.5, 0.6) is 5.75 Å². The molecule has 0 aliphatic carbocycles. The molecule has 14 heteroatoms. The Morgan fingerprint density at radius 3 is 2.43 bits per heavy atom. The van der Waals surface area contributed by atoms with Crippen molar-refractivity contribution in [2.45, 2.75) is 62.7 Å². The molecular weight excluding hydrogens is 591 g/mol. The number of piperidine rings is 1. The Bertz CT molecular complexity index is 1550. The summed E-state index contributed by atoms with van der Waals surface area (Å²) >= 11 is 0. The van der Waals surface area contributed by atoms with Gasteiger partial charge in [-0.05, 0) is 88.6 Å². The Morgan fingerprint density at radius 2 is 1.80 bits per heavy atom. The van der Waals surface area contributed by atoms with Crippen molar-refractivity contribution in [1.82, 2.24) is 20.0 Å². The molecule has 1 aliphatic rings. The number of esters is 1. The summed E-state index contributed by atoms with van der Waals surface area (Å²) in [5, 5.41) is 5.77. The third-order valence-electron chi connectivity index (χ3n) is 6.71. The van der Waals surface area contributed by atoms with E-state index in [4.69, 9.17) is 9.47 Å². The molecule has 1 fully saturated rings. The number of amides is 1. The van der Waals surface area contributed by atoms with Crippen LogP contribution in [0.15, 0.2) is 65.8 Å². The second-order valence-electron chi connectivity index (χ2n) is 11.2. The Hall–Kier alpha value is -4.30. The molecule has 0 bridgehead atoms. The predicted molar refractivity (Wildman–Crippen MR) is 162 cm³/mol. The first kappa shape index (κ1) is 32.6. The van der Waals surface area contributed by atoms with Crippen molar-refractivity contribution in [2.75, 3.05) is 30.4 Å². The van der Waals surface area contributed by atoms with Crippen LogP contribution in [0, 0.1) is 5.82 Å². The Labute approximate surface area is 256 Å². The smallest absolute Gasteiger partial charge is 0.326 e. The first-order valence-electron chi connectivity index (χ1n) is 14.1. The molecule has 0 spiro atoms. The van der Waals surface area contributed by atoms with Crippen LogP contribution < -0.4 is 25.0 Å². The number of nitrogens with zero attached hydrogens (tertiary/aromatic N) is 3. The number of hydrogen-bond donors (Lipinski definition) is 3. The minimum absolute atomic E-state index is 0.000103. The molecule has 12 nitrogen and oxygen atoms in total. The van der Waals surface area contributed by atoms with Gasteiger partial charge in [0.15, 0.2) is 0 Å². The van der Waals surface area contributed by atoms with Gasteiger partial charge >= 0.3 is 5.97 Å². The second-order valence-corrected chi connectivity index (χ2v) is 12.9. The van der Waals surface area contributed by atoms with Gasteiger partial charge in [-0.3, -0.25) is 9.59 Å². The molecule has 4 rings (SSSR count). The van der Waals surface area contributed by atoms with Gasteiger partial charge in [-0.25, -0.2) is 22.8 Å². The number of aromatic nitrogens is 2. The molecule has 1 aliphatic heterocycles. The van der Waals surface area contributed by atoms with Gasteiger partial charge in [0.1, 0.15) is 29.4 Å². The normalized spacial score (nSPS) is 16.1. The maximum Gasteiger partial charge on any atom is 0.326 e. The van der Waals surface area contributed by atoms with Crippen molar-refractivity contribution >= 4 is 33.5 Å². The van der Waals surface area contributed by atoms with Crippen LogP contribution in [0.1, 0.15) is 50.4 Å². The monoisotopic (exact) mass is 628 g/mol. The van der Waals surface area contributed by atoms with E-state index in [2.05, 4.69) is 25.3 Å². The number of ether oxygens (including phenoxy) is 2. The molecule has 2 atom stereocenters. The van der Waals surface area contributed by atoms with E-state index in [1.807, 2.05) is 4.90 Å². The van der Waals surface area contributed by atoms with Crippen LogP contribution in [-0.2, 0) is 19.6 Å². The number of hydrogen-bond acceptors (Lipinski definition) is 10. The highest BCUT2D eigenvalue weighted by Crippen LogP contribution is 2.28. The lowest BCUT2D eigenvalue weighted by molar-refractivity contribution is -0.156. The zero-order valence-electron chi connectivity index (χ0n) is 25.0. The van der Waals surface area contributed by atoms with Gasteiger partial charge in [0.25, 0.3) is 5.91 Å². The predicted octanol–water partition coefficient (Wildman–Crippen LogP) is 3.47. The largest absolute Gasteiger partial charge is 0.497 e. The van der Waals surface area contributed by atoms with Gasteiger partial charge in [-0.2, -0.15) is 4.72 Å². The van der Waals surface area contributed by atoms with E-state index >= 15 is 4.39 Å². The Morgan fingerprint density at radius 1 is 1.09 bits per heavy atom. The summed E-state index contributed by atoms with van der Waals surface area (Å²) in [4.78, 5) is 36.2. The molecule has 0 saturated carbocycles. The summed E-state index contributed by atoms with van der Waals surface area (Å²) < 4.78 is 54.3. The highest BCUT2D eigenvalue weighted by atomic mass is 32.2. The standard InChI is InChI=1S/C30H37FN6O6S/c1-30(2,3)43-28(39)24(36-44(40,41)22-12-10-21(42-4)11-13-22)19-34-27(38)20-9-14-25(23(31)18-20)37-17-6-5-8-26(37)35-29-32-15-7-16-33-29/h7,9-16,18,24,26,36H,5-6,8,17,19H2,1-4H3,(H,34,38)(H,32,33,35)/t24-,26?/m0/s1. The number of benzene rings is 2. The van der Waals surface area contributed by atoms with E-state index in [-0.39, 0.29) is 16.6 Å². The number of anilines is 2. The number of methoxy groups -OCH3 is 1. The lowest BCUT2D eigenvalue weighted by Crippen LogP contribution is -2.50. The molecule has 3 N–H and O–H groups in total. The number of halogens is 1. The van der Waals surface area contributed by atoms with E-state index in [9.17, 15) is 18.0 Å². The SMILES string of the molecule is COc1ccc(S(=O)(=O)N[C@@H](CNC(=O)c2ccc(N3CCCCC3Nc3ncccn3)c(F)c2)C(=O)OC(C)(C)C)cc1. The molecule has 1 saturated heterocycles. The van der Waals surface area contributed by atoms with Crippen molar-refractivity contribution < 1.29 is 31.9 Å². The number of sulfonamides is 1. The zero-order chi connectivity index (χ0) is 31.9. The maximum atomic E-state index is 15.4. The molecule has 236 valence electrons. The fourth-order valence-electron chi connectivity index (χ4n) is 4.63. The number of carbonyl (C=O) groups is 2. The van der Waals surface area contributed by atoms with E-state index < -0.39 is 45.9 Å². The van der Waals surface area contributed by atoms with Crippen molar-refractivity contribution in [2.24, 2.45) is 0 Å². The molecule has 1 amide bonds. The molecule has 1 unspecified atom stereocenters. The maximum absolute atomic E-state index is 15.4. The Kier molecular flexibility index (Phi) is 10.4. The zero-order valence-corrected chi connectivity index (χ0v) is 25.9. The van der Waals surface area contributed by atoms with Gasteiger partial charge in [0.05, 0.1) is 17.7 Å². The van der Waals surface area contributed by atoms with Crippen molar-refractivity contribution in [3.63, 3.8) is 0 Å². The lowest BCUT2D eigenvalue weighted by Gasteiger charge is -2.38. The fourth-order valence-corrected chi connectivity index (χ4v) is 5.81. The summed E-state index contributed by atoms with van der Waals surface area (Å²) in [6.45, 7) is 5.06. The second kappa shape index (κ2) is 14.0. The van der Waals surface area contributed by atoms with E-state index in [0.717, 1.165) is 25.3 Å². The molecule has 44 heavy (non-hydrogen) atoms. The molecule has 2 heterocycles. The average molecular weight is 629 g/mol. The number of nitrogens with one attached hydrogen (secondary N) is 3. The van der Waals surface area contributed by atoms with Crippen LogP contribution in [-0.4, -0.2) is 68.3 Å². The molecule has 0 radical (unpaired) electrons. The average Bonchev–Trinajstić information content (AvgIpc) is 2.99. The highest BCUT2D eigenvalue weighted by molar-refractivity contribution is 7.89. The van der Waals surface area contributed by atoms with Crippen LogP contribution >= 0.6 is 0 Å². The van der Waals surface area contributed by atoms with Crippen LogP contribution in [0.2, 0.25) is 0 Å². The summed E-state index contributed by atoms with van der Waals surface area (Å²) in [6, 6.07) is 9.93. The van der Waals surface area contributed by atoms with Crippen LogP contribution in [0.4, 0.5) is 16.0 Å². The lowest BCUT2D eigenvalue weighted by atomic mass is 10.1. The van der Waals surface area contributed by atoms with Gasteiger partial charge in [0.2, 0.25) is 16.0 Å².